The van der Waals surface area contributed by atoms with Crippen LogP contribution in [0.2, 0.25) is 5.02 Å². The van der Waals surface area contributed by atoms with Gasteiger partial charge in [-0.05, 0) is 54.3 Å². The molecular formula is C11H13Cl2O2P. The van der Waals surface area contributed by atoms with Gasteiger partial charge in [-0.15, -0.1) is 0 Å². The second kappa shape index (κ2) is 5.00. The Labute approximate surface area is 105 Å². The van der Waals surface area contributed by atoms with Gasteiger partial charge >= 0.3 is 6.72 Å². The van der Waals surface area contributed by atoms with E-state index in [1.54, 1.807) is 24.3 Å². The maximum absolute atomic E-state index is 12.0. The summed E-state index contributed by atoms with van der Waals surface area (Å²) >= 11 is 11.7. The zero-order valence-electron chi connectivity index (χ0n) is 8.73. The summed E-state index contributed by atoms with van der Waals surface area (Å²) < 4.78 is 17.3. The van der Waals surface area contributed by atoms with Crippen LogP contribution in [-0.4, -0.2) is 6.16 Å². The molecule has 0 aliphatic heterocycles. The molecule has 5 heteroatoms. The van der Waals surface area contributed by atoms with Crippen molar-refractivity contribution < 1.29 is 9.09 Å². The van der Waals surface area contributed by atoms with E-state index in [1.165, 1.54) is 6.42 Å². The van der Waals surface area contributed by atoms with Gasteiger partial charge in [-0.2, -0.15) is 0 Å². The van der Waals surface area contributed by atoms with E-state index in [9.17, 15) is 4.57 Å². The smallest absolute Gasteiger partial charge is 0.336 e. The molecule has 1 atom stereocenters. The Morgan fingerprint density at radius 2 is 1.94 bits per heavy atom. The molecule has 0 bridgehead atoms. The number of benzene rings is 1. The molecule has 1 fully saturated rings. The van der Waals surface area contributed by atoms with E-state index < -0.39 is 6.72 Å². The second-order valence-electron chi connectivity index (χ2n) is 4.11. The molecule has 0 amide bonds. The fourth-order valence-corrected chi connectivity index (χ4v) is 4.12. The average molecular weight is 279 g/mol. The van der Waals surface area contributed by atoms with Gasteiger partial charge in [0.2, 0.25) is 0 Å². The van der Waals surface area contributed by atoms with Crippen LogP contribution in [0.15, 0.2) is 24.3 Å². The second-order valence-corrected chi connectivity index (χ2v) is 7.82. The Morgan fingerprint density at radius 1 is 1.31 bits per heavy atom. The zero-order chi connectivity index (χ0) is 11.6. The molecule has 0 aromatic heterocycles. The van der Waals surface area contributed by atoms with Gasteiger partial charge < -0.3 is 4.52 Å². The van der Waals surface area contributed by atoms with Gasteiger partial charge in [-0.25, -0.2) is 0 Å². The van der Waals surface area contributed by atoms with Gasteiger partial charge in [-0.1, -0.05) is 18.0 Å². The van der Waals surface area contributed by atoms with Crippen molar-refractivity contribution in [3.05, 3.63) is 29.3 Å². The van der Waals surface area contributed by atoms with Gasteiger partial charge in [0.1, 0.15) is 5.75 Å². The Morgan fingerprint density at radius 3 is 2.44 bits per heavy atom. The highest BCUT2D eigenvalue weighted by Gasteiger charge is 2.30. The minimum absolute atomic E-state index is 0.468. The van der Waals surface area contributed by atoms with Crippen molar-refractivity contribution in [2.24, 2.45) is 5.92 Å². The molecule has 16 heavy (non-hydrogen) atoms. The summed E-state index contributed by atoms with van der Waals surface area (Å²) in [5, 5.41) is 0.621. The summed E-state index contributed by atoms with van der Waals surface area (Å²) in [6.45, 7) is -3.02. The number of rotatable bonds is 4. The number of halogens is 2. The molecule has 0 radical (unpaired) electrons. The Kier molecular flexibility index (Phi) is 3.84. The van der Waals surface area contributed by atoms with Crippen LogP contribution >= 0.6 is 29.6 Å². The van der Waals surface area contributed by atoms with Crippen LogP contribution in [-0.2, 0) is 4.57 Å². The van der Waals surface area contributed by atoms with Crippen molar-refractivity contribution in [2.45, 2.75) is 19.3 Å². The minimum Gasteiger partial charge on any atom is -0.433 e. The molecule has 1 aliphatic carbocycles. The number of hydrogen-bond acceptors (Lipinski definition) is 2. The molecule has 1 saturated carbocycles. The third-order valence-electron chi connectivity index (χ3n) is 2.76. The minimum atomic E-state index is -3.02. The van der Waals surface area contributed by atoms with Crippen LogP contribution in [0, 0.1) is 5.92 Å². The van der Waals surface area contributed by atoms with Gasteiger partial charge in [-0.3, -0.25) is 4.57 Å². The van der Waals surface area contributed by atoms with Crippen molar-refractivity contribution in [3.8, 4) is 5.75 Å². The van der Waals surface area contributed by atoms with Gasteiger partial charge in [0.15, 0.2) is 0 Å². The topological polar surface area (TPSA) is 26.3 Å². The average Bonchev–Trinajstić information content (AvgIpc) is 2.16. The maximum Gasteiger partial charge on any atom is 0.336 e. The van der Waals surface area contributed by atoms with Gasteiger partial charge in [0.25, 0.3) is 0 Å². The van der Waals surface area contributed by atoms with E-state index in [0.717, 1.165) is 12.8 Å². The summed E-state index contributed by atoms with van der Waals surface area (Å²) in [5.41, 5.74) is 0. The van der Waals surface area contributed by atoms with Crippen LogP contribution < -0.4 is 4.52 Å². The van der Waals surface area contributed by atoms with E-state index in [0.29, 0.717) is 22.9 Å². The first kappa shape index (κ1) is 12.3. The lowest BCUT2D eigenvalue weighted by molar-refractivity contribution is 0.340. The van der Waals surface area contributed by atoms with Crippen molar-refractivity contribution in [3.63, 3.8) is 0 Å². The fraction of sp³-hybridized carbons (Fsp3) is 0.455. The van der Waals surface area contributed by atoms with E-state index in [4.69, 9.17) is 27.4 Å². The third-order valence-corrected chi connectivity index (χ3v) is 5.07. The molecule has 2 nitrogen and oxygen atoms in total. The standard InChI is InChI=1S/C11H13Cl2O2P/c12-10-4-6-11(7-5-10)15-16(13,14)8-9-2-1-3-9/h4-7,9H,1-3,8H2. The summed E-state index contributed by atoms with van der Waals surface area (Å²) in [7, 11) is 0. The molecule has 1 aliphatic rings. The van der Waals surface area contributed by atoms with Crippen molar-refractivity contribution >= 4 is 29.6 Å². The number of hydrogen-bond donors (Lipinski definition) is 0. The largest absolute Gasteiger partial charge is 0.433 e. The lowest BCUT2D eigenvalue weighted by Gasteiger charge is -2.26. The highest BCUT2D eigenvalue weighted by Crippen LogP contribution is 2.55. The molecule has 2 rings (SSSR count). The van der Waals surface area contributed by atoms with Crippen molar-refractivity contribution in [2.75, 3.05) is 6.16 Å². The Bertz CT molecular complexity index is 401. The zero-order valence-corrected chi connectivity index (χ0v) is 11.1. The molecule has 1 aromatic carbocycles. The molecule has 0 spiro atoms. The van der Waals surface area contributed by atoms with Crippen molar-refractivity contribution in [1.29, 1.82) is 0 Å². The normalized spacial score (nSPS) is 19.9. The van der Waals surface area contributed by atoms with Crippen LogP contribution in [0.5, 0.6) is 5.75 Å². The third kappa shape index (κ3) is 3.41. The summed E-state index contributed by atoms with van der Waals surface area (Å²) in [6, 6.07) is 6.74. The fourth-order valence-electron chi connectivity index (χ4n) is 1.67. The van der Waals surface area contributed by atoms with Crippen LogP contribution in [0.4, 0.5) is 0 Å². The SMILES string of the molecule is O=P(Cl)(CC1CCC1)Oc1ccc(Cl)cc1. The quantitative estimate of drug-likeness (QED) is 0.729. The highest BCUT2D eigenvalue weighted by molar-refractivity contribution is 7.85. The van der Waals surface area contributed by atoms with Crippen molar-refractivity contribution in [1.82, 2.24) is 0 Å². The first-order valence-electron chi connectivity index (χ1n) is 5.29. The van der Waals surface area contributed by atoms with E-state index in [1.807, 2.05) is 0 Å². The maximum atomic E-state index is 12.0. The lowest BCUT2D eigenvalue weighted by atomic mass is 9.87. The van der Waals surface area contributed by atoms with E-state index in [2.05, 4.69) is 0 Å². The van der Waals surface area contributed by atoms with Crippen LogP contribution in [0.1, 0.15) is 19.3 Å². The molecule has 1 unspecified atom stereocenters. The Balaban J connectivity index is 1.96. The molecule has 1 aromatic rings. The predicted molar refractivity (Wildman–Crippen MR) is 67.7 cm³/mol. The molecule has 0 saturated heterocycles. The van der Waals surface area contributed by atoms with E-state index in [-0.39, 0.29) is 0 Å². The molecule has 0 N–H and O–H groups in total. The highest BCUT2D eigenvalue weighted by atomic mass is 35.7. The predicted octanol–water partition coefficient (Wildman–Crippen LogP) is 4.95. The molecule has 0 heterocycles. The van der Waals surface area contributed by atoms with Gasteiger partial charge in [0, 0.05) is 5.02 Å². The summed E-state index contributed by atoms with van der Waals surface area (Å²) in [6.07, 6.45) is 3.90. The monoisotopic (exact) mass is 278 g/mol. The summed E-state index contributed by atoms with van der Waals surface area (Å²) in [4.78, 5) is 0. The van der Waals surface area contributed by atoms with Gasteiger partial charge in [0.05, 0.1) is 6.16 Å². The first-order chi connectivity index (χ1) is 7.55. The first-order valence-corrected chi connectivity index (χ1v) is 8.38. The van der Waals surface area contributed by atoms with Crippen LogP contribution in [0.3, 0.4) is 0 Å². The lowest BCUT2D eigenvalue weighted by Crippen LogP contribution is -2.15. The van der Waals surface area contributed by atoms with E-state index >= 15 is 0 Å². The Hall–Kier alpha value is -0.170. The van der Waals surface area contributed by atoms with Crippen LogP contribution in [0.25, 0.3) is 0 Å². The molecule has 88 valence electrons. The summed E-state index contributed by atoms with van der Waals surface area (Å²) in [5.74, 6) is 0.984. The molecular weight excluding hydrogens is 266 g/mol.